The number of ether oxygens (including phenoxy) is 1. The Bertz CT molecular complexity index is 698. The molecule has 0 aliphatic rings. The summed E-state index contributed by atoms with van der Waals surface area (Å²) in [4.78, 5) is 13.3. The summed E-state index contributed by atoms with van der Waals surface area (Å²) in [7, 11) is 0. The molecule has 0 radical (unpaired) electrons. The van der Waals surface area contributed by atoms with Gasteiger partial charge in [0.1, 0.15) is 12.4 Å². The Morgan fingerprint density at radius 1 is 1.21 bits per heavy atom. The topological polar surface area (TPSA) is 38.3 Å². The van der Waals surface area contributed by atoms with Gasteiger partial charge in [-0.1, -0.05) is 38.1 Å². The number of benzene rings is 2. The van der Waals surface area contributed by atoms with E-state index in [0.29, 0.717) is 24.6 Å². The first kappa shape index (κ1) is 18.4. The summed E-state index contributed by atoms with van der Waals surface area (Å²) >= 11 is 1.57. The highest BCUT2D eigenvalue weighted by Crippen LogP contribution is 2.27. The van der Waals surface area contributed by atoms with Crippen LogP contribution >= 0.6 is 11.8 Å². The lowest BCUT2D eigenvalue weighted by molar-refractivity contribution is 0.0944. The van der Waals surface area contributed by atoms with Crippen molar-refractivity contribution < 1.29 is 9.53 Å². The molecular weight excluding hydrogens is 318 g/mol. The monoisotopic (exact) mass is 343 g/mol. The van der Waals surface area contributed by atoms with E-state index in [1.54, 1.807) is 11.8 Å². The van der Waals surface area contributed by atoms with Crippen molar-refractivity contribution in [1.29, 1.82) is 0 Å². The van der Waals surface area contributed by atoms with E-state index >= 15 is 0 Å². The fourth-order valence-corrected chi connectivity index (χ4v) is 3.09. The van der Waals surface area contributed by atoms with E-state index in [0.717, 1.165) is 10.6 Å². The molecule has 0 spiro atoms. The Labute approximate surface area is 148 Å². The lowest BCUT2D eigenvalue weighted by Crippen LogP contribution is -2.28. The van der Waals surface area contributed by atoms with Crippen molar-refractivity contribution >= 4 is 17.7 Å². The first-order valence-corrected chi connectivity index (χ1v) is 9.40. The van der Waals surface area contributed by atoms with Crippen LogP contribution < -0.4 is 10.1 Å². The van der Waals surface area contributed by atoms with Gasteiger partial charge in [0.05, 0.1) is 12.1 Å². The maximum atomic E-state index is 12.3. The number of nitrogens with one attached hydrogen (secondary N) is 1. The molecular formula is C20H25NO2S. The summed E-state index contributed by atoms with van der Waals surface area (Å²) in [6.45, 7) is 7.29. The molecule has 2 rings (SSSR count). The van der Waals surface area contributed by atoms with Gasteiger partial charge in [0.15, 0.2) is 0 Å². The Kier molecular flexibility index (Phi) is 6.73. The minimum absolute atomic E-state index is 0.0584. The number of hydrogen-bond donors (Lipinski definition) is 1. The normalized spacial score (nSPS) is 10.7. The average Bonchev–Trinajstić information content (AvgIpc) is 2.58. The largest absolute Gasteiger partial charge is 0.491 e. The molecule has 0 unspecified atom stereocenters. The molecule has 0 heterocycles. The number of thioether (sulfide) groups is 1. The van der Waals surface area contributed by atoms with E-state index < -0.39 is 0 Å². The van der Waals surface area contributed by atoms with Gasteiger partial charge < -0.3 is 10.1 Å². The highest BCUT2D eigenvalue weighted by atomic mass is 32.2. The summed E-state index contributed by atoms with van der Waals surface area (Å²) in [5.41, 5.74) is 3.08. The van der Waals surface area contributed by atoms with Gasteiger partial charge >= 0.3 is 0 Å². The minimum atomic E-state index is -0.0584. The number of carbonyl (C=O) groups is 1. The predicted octanol–water partition coefficient (Wildman–Crippen LogP) is 4.65. The van der Waals surface area contributed by atoms with E-state index in [1.165, 1.54) is 11.1 Å². The Morgan fingerprint density at radius 3 is 2.67 bits per heavy atom. The van der Waals surface area contributed by atoms with Crippen molar-refractivity contribution in [2.24, 2.45) is 0 Å². The van der Waals surface area contributed by atoms with Gasteiger partial charge in [0.2, 0.25) is 0 Å². The van der Waals surface area contributed by atoms with Crippen LogP contribution in [0.4, 0.5) is 0 Å². The second kappa shape index (κ2) is 8.78. The number of aryl methyl sites for hydroxylation is 1. The van der Waals surface area contributed by atoms with Crippen LogP contribution in [0.2, 0.25) is 0 Å². The van der Waals surface area contributed by atoms with Crippen LogP contribution in [0.3, 0.4) is 0 Å². The summed E-state index contributed by atoms with van der Waals surface area (Å²) in [6.07, 6.45) is 1.97. The second-order valence-corrected chi connectivity index (χ2v) is 6.85. The third kappa shape index (κ3) is 4.78. The lowest BCUT2D eigenvalue weighted by Gasteiger charge is -2.15. The molecule has 0 bridgehead atoms. The maximum Gasteiger partial charge on any atom is 0.252 e. The Morgan fingerprint density at radius 2 is 1.96 bits per heavy atom. The fourth-order valence-electron chi connectivity index (χ4n) is 2.50. The molecule has 2 aromatic carbocycles. The van der Waals surface area contributed by atoms with Crippen LogP contribution in [0.1, 0.15) is 41.3 Å². The first-order chi connectivity index (χ1) is 11.5. The van der Waals surface area contributed by atoms with E-state index in [-0.39, 0.29) is 5.91 Å². The Balaban J connectivity index is 1.91. The van der Waals surface area contributed by atoms with Gasteiger partial charge in [-0.3, -0.25) is 4.79 Å². The van der Waals surface area contributed by atoms with Gasteiger partial charge in [-0.25, -0.2) is 0 Å². The van der Waals surface area contributed by atoms with Gasteiger partial charge in [-0.15, -0.1) is 11.8 Å². The fraction of sp³-hybridized carbons (Fsp3) is 0.350. The Hall–Kier alpha value is -1.94. The summed E-state index contributed by atoms with van der Waals surface area (Å²) in [5.74, 6) is 1.25. The number of amides is 1. The minimum Gasteiger partial charge on any atom is -0.491 e. The third-order valence-electron chi connectivity index (χ3n) is 3.79. The molecule has 0 atom stereocenters. The van der Waals surface area contributed by atoms with Crippen molar-refractivity contribution in [2.75, 3.05) is 19.4 Å². The molecule has 4 heteroatoms. The standard InChI is InChI=1S/C20H25NO2S/c1-14(2)16-10-9-15(3)13-18(16)23-12-11-21-20(22)17-7-5-6-8-19(17)24-4/h5-10,13-14H,11-12H2,1-4H3,(H,21,22). The van der Waals surface area contributed by atoms with E-state index in [4.69, 9.17) is 4.74 Å². The summed E-state index contributed by atoms with van der Waals surface area (Å²) in [5, 5.41) is 2.93. The van der Waals surface area contributed by atoms with Gasteiger partial charge in [-0.2, -0.15) is 0 Å². The van der Waals surface area contributed by atoms with Crippen molar-refractivity contribution in [1.82, 2.24) is 5.32 Å². The quantitative estimate of drug-likeness (QED) is 0.587. The molecule has 3 nitrogen and oxygen atoms in total. The number of hydrogen-bond acceptors (Lipinski definition) is 3. The number of carbonyl (C=O) groups excluding carboxylic acids is 1. The van der Waals surface area contributed by atoms with E-state index in [2.05, 4.69) is 44.3 Å². The lowest BCUT2D eigenvalue weighted by atomic mass is 10.0. The molecule has 128 valence electrons. The van der Waals surface area contributed by atoms with Crippen molar-refractivity contribution in [3.8, 4) is 5.75 Å². The van der Waals surface area contributed by atoms with Crippen LogP contribution in [-0.2, 0) is 0 Å². The molecule has 1 N–H and O–H groups in total. The predicted molar refractivity (Wildman–Crippen MR) is 101 cm³/mol. The molecule has 24 heavy (non-hydrogen) atoms. The smallest absolute Gasteiger partial charge is 0.252 e. The van der Waals surface area contributed by atoms with Gasteiger partial charge in [-0.05, 0) is 48.4 Å². The van der Waals surface area contributed by atoms with Crippen molar-refractivity contribution in [3.63, 3.8) is 0 Å². The second-order valence-electron chi connectivity index (χ2n) is 6.00. The summed E-state index contributed by atoms with van der Waals surface area (Å²) < 4.78 is 5.90. The molecule has 0 fully saturated rings. The van der Waals surface area contributed by atoms with E-state index in [1.807, 2.05) is 30.5 Å². The zero-order valence-electron chi connectivity index (χ0n) is 14.8. The summed E-state index contributed by atoms with van der Waals surface area (Å²) in [6, 6.07) is 13.9. The molecule has 0 aromatic heterocycles. The van der Waals surface area contributed by atoms with Crippen LogP contribution in [-0.4, -0.2) is 25.3 Å². The number of rotatable bonds is 7. The van der Waals surface area contributed by atoms with Crippen LogP contribution in [0.15, 0.2) is 47.4 Å². The molecule has 0 aliphatic heterocycles. The highest BCUT2D eigenvalue weighted by molar-refractivity contribution is 7.98. The van der Waals surface area contributed by atoms with Crippen molar-refractivity contribution in [3.05, 3.63) is 59.2 Å². The maximum absolute atomic E-state index is 12.3. The van der Waals surface area contributed by atoms with Crippen LogP contribution in [0, 0.1) is 6.92 Å². The molecule has 0 saturated heterocycles. The molecule has 2 aromatic rings. The highest BCUT2D eigenvalue weighted by Gasteiger charge is 2.11. The zero-order chi connectivity index (χ0) is 17.5. The third-order valence-corrected chi connectivity index (χ3v) is 4.58. The van der Waals surface area contributed by atoms with Crippen LogP contribution in [0.25, 0.3) is 0 Å². The van der Waals surface area contributed by atoms with Crippen molar-refractivity contribution in [2.45, 2.75) is 31.6 Å². The van der Waals surface area contributed by atoms with Crippen LogP contribution in [0.5, 0.6) is 5.75 Å². The van der Waals surface area contributed by atoms with E-state index in [9.17, 15) is 4.79 Å². The average molecular weight is 343 g/mol. The van der Waals surface area contributed by atoms with Gasteiger partial charge in [0, 0.05) is 4.90 Å². The zero-order valence-corrected chi connectivity index (χ0v) is 15.6. The molecule has 0 aliphatic carbocycles. The van der Waals surface area contributed by atoms with Gasteiger partial charge in [0.25, 0.3) is 5.91 Å². The first-order valence-electron chi connectivity index (χ1n) is 8.17. The molecule has 1 amide bonds. The molecule has 0 saturated carbocycles. The SMILES string of the molecule is CSc1ccccc1C(=O)NCCOc1cc(C)ccc1C(C)C.